The molecule has 15 rings (SSSR count). The summed E-state index contributed by atoms with van der Waals surface area (Å²) in [6.07, 6.45) is 7.60. The van der Waals surface area contributed by atoms with E-state index in [0.29, 0.717) is 96.4 Å². The number of carbonyl (C=O) groups excluding carboxylic acids is 6. The average molecular weight is 1540 g/mol. The van der Waals surface area contributed by atoms with Gasteiger partial charge in [-0.3, -0.25) is 28.8 Å². The molecule has 6 heterocycles. The van der Waals surface area contributed by atoms with E-state index >= 15 is 0 Å². The highest BCUT2D eigenvalue weighted by Gasteiger charge is 2.23. The zero-order valence-electron chi connectivity index (χ0n) is 61.2. The van der Waals surface area contributed by atoms with E-state index in [-0.39, 0.29) is 76.1 Å². The Morgan fingerprint density at radius 1 is 0.465 bits per heavy atom. The minimum Gasteiger partial charge on any atom is -0.383 e. The molecule has 0 spiro atoms. The molecule has 6 amide bonds. The fourth-order valence-corrected chi connectivity index (χ4v) is 12.5. The number of primary amides is 2. The number of pyridine rings is 4. The Labute approximate surface area is 648 Å². The fourth-order valence-electron chi connectivity index (χ4n) is 12.5. The molecular weight excluding hydrogens is 1470 g/mol. The van der Waals surface area contributed by atoms with Crippen LogP contribution < -0.4 is 55.7 Å². The predicted molar refractivity (Wildman–Crippen MR) is 427 cm³/mol. The number of ether oxygens (including phenoxy) is 2. The second-order valence-corrected chi connectivity index (χ2v) is 26.3. The molecule has 576 valence electrons. The summed E-state index contributed by atoms with van der Waals surface area (Å²) in [7, 11) is 1.63. The van der Waals surface area contributed by atoms with Crippen molar-refractivity contribution in [2.24, 2.45) is 17.4 Å². The van der Waals surface area contributed by atoms with Gasteiger partial charge in [0, 0.05) is 78.9 Å². The van der Waals surface area contributed by atoms with Crippen LogP contribution in [0.5, 0.6) is 0 Å². The number of halogens is 4. The summed E-state index contributed by atoms with van der Waals surface area (Å²) in [6.45, 7) is 4.04. The van der Waals surface area contributed by atoms with Gasteiger partial charge in [-0.15, -0.1) is 0 Å². The van der Waals surface area contributed by atoms with Crippen LogP contribution in [0.2, 0.25) is 0 Å². The van der Waals surface area contributed by atoms with Crippen LogP contribution >= 0.6 is 0 Å². The number of nitrogens with two attached hydrogens (primary N) is 6. The highest BCUT2D eigenvalue weighted by molar-refractivity contribution is 6.15. The summed E-state index contributed by atoms with van der Waals surface area (Å²) in [5.74, 6) is -2.87. The second-order valence-electron chi connectivity index (χ2n) is 26.3. The molecule has 1 aliphatic heterocycles. The monoisotopic (exact) mass is 1540 g/mol. The lowest BCUT2D eigenvalue weighted by molar-refractivity contribution is -0.119. The molecule has 0 aliphatic carbocycles. The van der Waals surface area contributed by atoms with Gasteiger partial charge in [-0.2, -0.15) is 4.98 Å². The number of hydrogen-bond donors (Lipinski definition) is 10. The SMILES string of the molecule is COCc1ccc(NC(=O)c2cnc(N)c3cc(-c4cccc(F)c4)ccc23)cc1.C[C@@H](NC(=O)c1cnc(N)c2cc(-c3cccc(F)c3)ccc12)C(N)=O.NC(=O)c1nc(CNC(=O)c2cnc(N)c3cc(-c4cccc(F)c4)ccc23)no1.Nc1ncc(C(=O)NCC2CCOCC2)c2ccc(-c3cccc(F)c3)cc12. The lowest BCUT2D eigenvalue weighted by Crippen LogP contribution is -2.42. The molecule has 0 saturated carbocycles. The number of aromatic nitrogens is 6. The van der Waals surface area contributed by atoms with Gasteiger partial charge in [0.15, 0.2) is 5.82 Å². The maximum absolute atomic E-state index is 13.6. The number of benzene rings is 9. The van der Waals surface area contributed by atoms with Crippen LogP contribution in [0, 0.1) is 29.2 Å². The van der Waals surface area contributed by atoms with Crippen LogP contribution in [-0.4, -0.2) is 98.4 Å². The average Bonchev–Trinajstić information content (AvgIpc) is 0.804. The predicted octanol–water partition coefficient (Wildman–Crippen LogP) is 13.1. The molecule has 0 radical (unpaired) electrons. The normalized spacial score (nSPS) is 12.1. The van der Waals surface area contributed by atoms with E-state index in [1.165, 1.54) is 80.2 Å². The first-order chi connectivity index (χ1) is 54.9. The third kappa shape index (κ3) is 19.2. The van der Waals surface area contributed by atoms with E-state index < -0.39 is 29.7 Å². The Balaban J connectivity index is 0.000000141. The van der Waals surface area contributed by atoms with Crippen LogP contribution in [0.1, 0.15) is 83.3 Å². The van der Waals surface area contributed by atoms with Gasteiger partial charge in [-0.05, 0) is 182 Å². The first-order valence-corrected chi connectivity index (χ1v) is 35.5. The summed E-state index contributed by atoms with van der Waals surface area (Å²) in [6, 6.07) is 53.1. The van der Waals surface area contributed by atoms with Crippen molar-refractivity contribution in [3.05, 3.63) is 282 Å². The Hall–Kier alpha value is -14.6. The standard InChI is InChI=1S/C24H20FN3O2.C22H22FN3O2.C20H15FN6O3.C19H17FN4O2/c1-30-14-15-5-8-19(9-6-15)28-24(29)22-13-27-23(26)21-12-17(7-10-20(21)22)16-3-2-4-18(25)11-16;23-17-3-1-2-15(10-17)16-4-5-18-19(11-16)21(24)25-13-20(18)22(27)26-12-14-6-8-28-9-7-14;21-12-3-1-2-10(6-12)11-4-5-13-14(7-11)17(22)24-8-15(13)19(29)25-9-16-26-20(18(23)28)30-27-16;1-10(18(22)25)24-19(26)16-9-23-17(21)15-8-12(5-6-14(15)16)11-3-2-4-13(20)7-11/h2-13H,14H2,1H3,(H2,26,27)(H,28,29);1-5,10-11,13-14H,6-9,12H2,(H2,24,25)(H,26,27);1-8H,9H2,(H2,22,24)(H2,23,28)(H,25,29);2-10H,1H3,(H2,21,23)(H2,22,25)(H,24,26)/t;;;10-/m...1/s1. The van der Waals surface area contributed by atoms with Crippen molar-refractivity contribution < 1.29 is 60.3 Å². The molecule has 1 saturated heterocycles. The number of amides is 6. The molecule has 1 atom stereocenters. The number of nitrogens with zero attached hydrogens (tertiary/aromatic N) is 6. The van der Waals surface area contributed by atoms with Gasteiger partial charge in [0.05, 0.1) is 35.4 Å². The summed E-state index contributed by atoms with van der Waals surface area (Å²) in [4.78, 5) is 93.2. The number of carbonyl (C=O) groups is 6. The van der Waals surface area contributed by atoms with E-state index in [2.05, 4.69) is 55.9 Å². The molecule has 1 aliphatic rings. The molecular formula is C85H74F4N16O9. The van der Waals surface area contributed by atoms with E-state index in [1.807, 2.05) is 72.8 Å². The topological polar surface area (TPSA) is 416 Å². The summed E-state index contributed by atoms with van der Waals surface area (Å²) in [5.41, 5.74) is 43.4. The first-order valence-electron chi connectivity index (χ1n) is 35.5. The fraction of sp³-hybridized carbons (Fsp3) is 0.129. The van der Waals surface area contributed by atoms with Crippen molar-refractivity contribution in [2.45, 2.75) is 39.0 Å². The summed E-state index contributed by atoms with van der Waals surface area (Å²) in [5, 5.41) is 19.6. The lowest BCUT2D eigenvalue weighted by atomic mass is 9.98. The molecule has 114 heavy (non-hydrogen) atoms. The maximum Gasteiger partial charge on any atom is 0.315 e. The minimum absolute atomic E-state index is 0.0805. The molecule has 9 aromatic carbocycles. The van der Waals surface area contributed by atoms with Crippen molar-refractivity contribution in [1.29, 1.82) is 0 Å². The highest BCUT2D eigenvalue weighted by Crippen LogP contribution is 2.35. The molecule has 0 bridgehead atoms. The van der Waals surface area contributed by atoms with E-state index in [9.17, 15) is 46.3 Å². The quantitative estimate of drug-likeness (QED) is 0.0357. The Bertz CT molecular complexity index is 5990. The van der Waals surface area contributed by atoms with Crippen molar-refractivity contribution >= 4 is 107 Å². The van der Waals surface area contributed by atoms with Gasteiger partial charge in [0.25, 0.3) is 23.6 Å². The lowest BCUT2D eigenvalue weighted by Gasteiger charge is -2.22. The first kappa shape index (κ1) is 79.0. The zero-order chi connectivity index (χ0) is 80.7. The number of rotatable bonds is 18. The van der Waals surface area contributed by atoms with E-state index in [1.54, 1.807) is 79.9 Å². The molecule has 5 aromatic heterocycles. The van der Waals surface area contributed by atoms with Crippen molar-refractivity contribution in [1.82, 2.24) is 46.0 Å². The van der Waals surface area contributed by atoms with E-state index in [4.69, 9.17) is 43.9 Å². The van der Waals surface area contributed by atoms with Gasteiger partial charge < -0.3 is 69.7 Å². The molecule has 29 heteroatoms. The van der Waals surface area contributed by atoms with Gasteiger partial charge >= 0.3 is 11.8 Å². The third-order valence-corrected chi connectivity index (χ3v) is 18.6. The smallest absolute Gasteiger partial charge is 0.315 e. The van der Waals surface area contributed by atoms with Crippen molar-refractivity contribution in [2.75, 3.05) is 55.1 Å². The number of nitrogen functional groups attached to an aromatic ring is 4. The number of fused-ring (bicyclic) bond motifs is 4. The summed E-state index contributed by atoms with van der Waals surface area (Å²) >= 11 is 0. The maximum atomic E-state index is 13.6. The third-order valence-electron chi connectivity index (χ3n) is 18.6. The Morgan fingerprint density at radius 2 is 0.833 bits per heavy atom. The van der Waals surface area contributed by atoms with Gasteiger partial charge in [0.2, 0.25) is 5.91 Å². The minimum atomic E-state index is -0.858. The Kier molecular flexibility index (Phi) is 24.8. The highest BCUT2D eigenvalue weighted by atomic mass is 19.1. The second kappa shape index (κ2) is 35.8. The Morgan fingerprint density at radius 3 is 1.19 bits per heavy atom. The number of hydrogen-bond acceptors (Lipinski definition) is 19. The van der Waals surface area contributed by atoms with Crippen LogP contribution in [0.15, 0.2) is 223 Å². The van der Waals surface area contributed by atoms with Crippen LogP contribution in [-0.2, 0) is 27.4 Å². The van der Waals surface area contributed by atoms with E-state index in [0.717, 1.165) is 70.4 Å². The molecule has 14 aromatic rings. The molecule has 16 N–H and O–H groups in total. The molecule has 0 unspecified atom stereocenters. The number of methoxy groups -OCH3 is 1. The molecule has 25 nitrogen and oxygen atoms in total. The van der Waals surface area contributed by atoms with Gasteiger partial charge in [-0.25, -0.2) is 37.5 Å². The number of nitrogens with one attached hydrogen (secondary N) is 4. The van der Waals surface area contributed by atoms with Crippen molar-refractivity contribution in [3.8, 4) is 44.5 Å². The van der Waals surface area contributed by atoms with Crippen LogP contribution in [0.4, 0.5) is 46.5 Å². The zero-order valence-corrected chi connectivity index (χ0v) is 61.2. The van der Waals surface area contributed by atoms with Crippen LogP contribution in [0.25, 0.3) is 87.6 Å². The number of anilines is 5. The largest absolute Gasteiger partial charge is 0.383 e. The van der Waals surface area contributed by atoms with Gasteiger partial charge in [-0.1, -0.05) is 114 Å². The van der Waals surface area contributed by atoms with Crippen molar-refractivity contribution in [3.63, 3.8) is 0 Å². The van der Waals surface area contributed by atoms with Gasteiger partial charge in [0.1, 0.15) is 52.6 Å². The molecule has 1 fully saturated rings. The van der Waals surface area contributed by atoms with Crippen LogP contribution in [0.3, 0.4) is 0 Å². The summed E-state index contributed by atoms with van der Waals surface area (Å²) < 4.78 is 69.3.